The van der Waals surface area contributed by atoms with Crippen LogP contribution in [0.15, 0.2) is 176 Å². The van der Waals surface area contributed by atoms with Gasteiger partial charge in [-0.2, -0.15) is 0 Å². The molecule has 0 spiro atoms. The second-order valence-corrected chi connectivity index (χ2v) is 16.0. The molecule has 1 nitrogen and oxygen atoms in total. The zero-order valence-electron chi connectivity index (χ0n) is 29.6. The Morgan fingerprint density at radius 3 is 1.43 bits per heavy atom. The highest BCUT2D eigenvalue weighted by Gasteiger charge is 2.36. The second kappa shape index (κ2) is 11.4. The van der Waals surface area contributed by atoms with Crippen LogP contribution in [0.2, 0.25) is 0 Å². The first-order valence-corrected chi connectivity index (χ1v) is 19.2. The quantitative estimate of drug-likeness (QED) is 0.178. The molecule has 2 aliphatic rings. The minimum Gasteiger partial charge on any atom is -0.310 e. The Kier molecular flexibility index (Phi) is 6.53. The molecule has 0 bridgehead atoms. The van der Waals surface area contributed by atoms with E-state index in [1.165, 1.54) is 86.9 Å². The zero-order chi connectivity index (χ0) is 35.3. The van der Waals surface area contributed by atoms with Gasteiger partial charge in [-0.05, 0) is 115 Å². The number of rotatable bonds is 3. The summed E-state index contributed by atoms with van der Waals surface area (Å²) in [6.45, 7) is 4.74. The summed E-state index contributed by atoms with van der Waals surface area (Å²) in [7, 11) is 0. The first-order valence-electron chi connectivity index (χ1n) is 18.4. The van der Waals surface area contributed by atoms with Crippen molar-refractivity contribution in [3.63, 3.8) is 0 Å². The third-order valence-corrected chi connectivity index (χ3v) is 12.8. The van der Waals surface area contributed by atoms with E-state index in [-0.39, 0.29) is 5.41 Å². The van der Waals surface area contributed by atoms with E-state index in [2.05, 4.69) is 195 Å². The van der Waals surface area contributed by atoms with Crippen molar-refractivity contribution in [1.82, 2.24) is 0 Å². The Labute approximate surface area is 314 Å². The molecule has 250 valence electrons. The molecule has 0 unspecified atom stereocenters. The normalized spacial score (nSPS) is 13.2. The Bertz CT molecular complexity index is 2940. The molecule has 1 aromatic heterocycles. The highest BCUT2D eigenvalue weighted by atomic mass is 32.1. The molecule has 0 aliphatic heterocycles. The molecule has 53 heavy (non-hydrogen) atoms. The van der Waals surface area contributed by atoms with Crippen molar-refractivity contribution in [3.05, 3.63) is 187 Å². The summed E-state index contributed by atoms with van der Waals surface area (Å²) in [6, 6.07) is 65.6. The third-order valence-electron chi connectivity index (χ3n) is 11.6. The van der Waals surface area contributed by atoms with Crippen LogP contribution < -0.4 is 4.90 Å². The fraction of sp³-hybridized carbons (Fsp3) is 0.0588. The topological polar surface area (TPSA) is 3.24 Å². The molecule has 0 N–H and O–H groups in total. The number of hydrogen-bond donors (Lipinski definition) is 0. The van der Waals surface area contributed by atoms with Crippen LogP contribution in [-0.2, 0) is 5.41 Å². The minimum absolute atomic E-state index is 0.108. The maximum absolute atomic E-state index is 2.48. The summed E-state index contributed by atoms with van der Waals surface area (Å²) in [4.78, 5) is 2.48. The average molecular weight is 694 g/mol. The molecule has 9 aromatic rings. The van der Waals surface area contributed by atoms with Gasteiger partial charge in [0.15, 0.2) is 0 Å². The molecule has 0 atom stereocenters. The summed E-state index contributed by atoms with van der Waals surface area (Å²) < 4.78 is 2.63. The number of nitrogens with zero attached hydrogens (tertiary/aromatic N) is 1. The van der Waals surface area contributed by atoms with Crippen molar-refractivity contribution in [2.24, 2.45) is 0 Å². The van der Waals surface area contributed by atoms with Crippen molar-refractivity contribution in [1.29, 1.82) is 0 Å². The predicted molar refractivity (Wildman–Crippen MR) is 227 cm³/mol. The molecule has 0 saturated heterocycles. The third kappa shape index (κ3) is 4.49. The zero-order valence-corrected chi connectivity index (χ0v) is 30.4. The van der Waals surface area contributed by atoms with Gasteiger partial charge in [0, 0.05) is 42.6 Å². The fourth-order valence-corrected chi connectivity index (χ4v) is 10.2. The molecule has 2 heteroatoms. The van der Waals surface area contributed by atoms with Crippen molar-refractivity contribution in [2.75, 3.05) is 4.90 Å². The molecule has 1 heterocycles. The number of hydrogen-bond acceptors (Lipinski definition) is 2. The van der Waals surface area contributed by atoms with E-state index < -0.39 is 0 Å². The highest BCUT2D eigenvalue weighted by Crippen LogP contribution is 2.53. The van der Waals surface area contributed by atoms with E-state index in [0.717, 1.165) is 17.1 Å². The summed E-state index contributed by atoms with van der Waals surface area (Å²) in [5.74, 6) is 0. The van der Waals surface area contributed by atoms with Gasteiger partial charge in [0.1, 0.15) is 0 Å². The van der Waals surface area contributed by atoms with Gasteiger partial charge in [-0.25, -0.2) is 0 Å². The van der Waals surface area contributed by atoms with Gasteiger partial charge < -0.3 is 4.90 Å². The Hall–Kier alpha value is -6.22. The van der Waals surface area contributed by atoms with Crippen LogP contribution in [0.5, 0.6) is 0 Å². The smallest absolute Gasteiger partial charge is 0.0468 e. The molecule has 11 rings (SSSR count). The molecule has 0 fully saturated rings. The predicted octanol–water partition coefficient (Wildman–Crippen LogP) is 14.8. The van der Waals surface area contributed by atoms with E-state index in [1.807, 2.05) is 11.3 Å². The average Bonchev–Trinajstić information content (AvgIpc) is 3.69. The van der Waals surface area contributed by atoms with Crippen LogP contribution in [-0.4, -0.2) is 0 Å². The Morgan fingerprint density at radius 2 is 0.774 bits per heavy atom. The van der Waals surface area contributed by atoms with Crippen molar-refractivity contribution >= 4 is 48.6 Å². The van der Waals surface area contributed by atoms with E-state index in [1.54, 1.807) is 0 Å². The molecule has 8 aromatic carbocycles. The Morgan fingerprint density at radius 1 is 0.340 bits per heavy atom. The van der Waals surface area contributed by atoms with Crippen molar-refractivity contribution in [2.45, 2.75) is 19.3 Å². The van der Waals surface area contributed by atoms with Crippen LogP contribution in [0.1, 0.15) is 25.0 Å². The Balaban J connectivity index is 1.18. The largest absolute Gasteiger partial charge is 0.310 e. The van der Waals surface area contributed by atoms with Crippen LogP contribution in [0.4, 0.5) is 17.1 Å². The summed E-state index contributed by atoms with van der Waals surface area (Å²) in [5.41, 5.74) is 18.8. The number of fused-ring (bicyclic) bond motifs is 14. The van der Waals surface area contributed by atoms with Crippen LogP contribution in [0.3, 0.4) is 0 Å². The molecule has 0 radical (unpaired) electrons. The standard InChI is InChI=1S/C51H35NS/c1-51(2)47-21-11-9-19-42(47)43-27-24-34(31-48(43)51)52(33-25-28-50-46(30-33)44-20-10-12-22-49(44)53-50)32-23-26-41-39-17-6-5-15-37(39)35-13-3-4-14-36(35)38-16-7-8-18-40(38)45(41)29-32/h3-31H,1-2H3. The SMILES string of the molecule is CC1(C)c2ccccc2-c2ccc(N(c3ccc4c(c3)-c3ccccc3-c3ccccc3-c3ccccc3-4)c3ccc4sc5ccccc5c4c3)cc21. The van der Waals surface area contributed by atoms with Gasteiger partial charge >= 0.3 is 0 Å². The fourth-order valence-electron chi connectivity index (χ4n) is 9.12. The van der Waals surface area contributed by atoms with Gasteiger partial charge in [0.25, 0.3) is 0 Å². The van der Waals surface area contributed by atoms with Crippen LogP contribution >= 0.6 is 11.3 Å². The molecule has 0 amide bonds. The summed E-state index contributed by atoms with van der Waals surface area (Å²) >= 11 is 1.87. The van der Waals surface area contributed by atoms with E-state index in [4.69, 9.17) is 0 Å². The lowest BCUT2D eigenvalue weighted by atomic mass is 9.80. The lowest BCUT2D eigenvalue weighted by molar-refractivity contribution is 0.660. The van der Waals surface area contributed by atoms with Crippen molar-refractivity contribution in [3.8, 4) is 55.6 Å². The van der Waals surface area contributed by atoms with Gasteiger partial charge in [-0.1, -0.05) is 141 Å². The molecular weight excluding hydrogens is 659 g/mol. The lowest BCUT2D eigenvalue weighted by Crippen LogP contribution is -2.16. The monoisotopic (exact) mass is 693 g/mol. The van der Waals surface area contributed by atoms with Gasteiger partial charge in [0.05, 0.1) is 0 Å². The maximum Gasteiger partial charge on any atom is 0.0468 e. The summed E-state index contributed by atoms with van der Waals surface area (Å²) in [6.07, 6.45) is 0. The van der Waals surface area contributed by atoms with E-state index in [9.17, 15) is 0 Å². The van der Waals surface area contributed by atoms with Crippen molar-refractivity contribution < 1.29 is 0 Å². The number of anilines is 3. The first kappa shape index (κ1) is 30.4. The molecule has 2 aliphatic carbocycles. The second-order valence-electron chi connectivity index (χ2n) is 14.9. The minimum atomic E-state index is -0.108. The van der Waals surface area contributed by atoms with Crippen LogP contribution in [0.25, 0.3) is 75.8 Å². The van der Waals surface area contributed by atoms with Crippen LogP contribution in [0, 0.1) is 0 Å². The van der Waals surface area contributed by atoms with E-state index in [0.29, 0.717) is 0 Å². The lowest BCUT2D eigenvalue weighted by Gasteiger charge is -2.30. The highest BCUT2D eigenvalue weighted by molar-refractivity contribution is 7.25. The first-order chi connectivity index (χ1) is 26.0. The number of thiophene rings is 1. The molecular formula is C51H35NS. The maximum atomic E-state index is 2.48. The van der Waals surface area contributed by atoms with Gasteiger partial charge in [-0.15, -0.1) is 11.3 Å². The van der Waals surface area contributed by atoms with E-state index >= 15 is 0 Å². The summed E-state index contributed by atoms with van der Waals surface area (Å²) in [5, 5.41) is 2.60. The van der Waals surface area contributed by atoms with Gasteiger partial charge in [-0.3, -0.25) is 0 Å². The number of benzene rings is 8. The van der Waals surface area contributed by atoms with Gasteiger partial charge in [0.2, 0.25) is 0 Å². The molecule has 0 saturated carbocycles.